The summed E-state index contributed by atoms with van der Waals surface area (Å²) in [5, 5.41) is 4.92. The predicted molar refractivity (Wildman–Crippen MR) is 104 cm³/mol. The lowest BCUT2D eigenvalue weighted by molar-refractivity contribution is 0.306. The highest BCUT2D eigenvalue weighted by Gasteiger charge is 2.00. The number of hydrogen-bond acceptors (Lipinski definition) is 2. The fraction of sp³-hybridized carbons (Fsp3) is 0.143. The van der Waals surface area contributed by atoms with Crippen LogP contribution in [0.5, 0.6) is 5.75 Å². The van der Waals surface area contributed by atoms with E-state index in [-0.39, 0.29) is 0 Å². The molecule has 3 rings (SSSR count). The number of hydrogen-bond donors (Lipinski definition) is 1. The van der Waals surface area contributed by atoms with Crippen LogP contribution in [0.2, 0.25) is 10.0 Å². The number of nitrogens with one attached hydrogen (secondary N) is 1. The van der Waals surface area contributed by atoms with Gasteiger partial charge in [-0.2, -0.15) is 0 Å². The first kappa shape index (κ1) is 17.8. The molecule has 0 aliphatic heterocycles. The van der Waals surface area contributed by atoms with Gasteiger partial charge in [0.25, 0.3) is 0 Å². The topological polar surface area (TPSA) is 21.3 Å². The number of benzene rings is 3. The second kappa shape index (κ2) is 8.91. The maximum absolute atomic E-state index is 6.16. The lowest BCUT2D eigenvalue weighted by Crippen LogP contribution is -2.12. The van der Waals surface area contributed by atoms with Crippen LogP contribution in [0.1, 0.15) is 16.7 Å². The maximum atomic E-state index is 6.16. The van der Waals surface area contributed by atoms with E-state index in [0.717, 1.165) is 40.0 Å². The zero-order valence-electron chi connectivity index (χ0n) is 13.7. The third-order valence-corrected chi connectivity index (χ3v) is 4.42. The Labute approximate surface area is 158 Å². The minimum absolute atomic E-state index is 0.505. The standard InChI is InChI=1S/C21H19Cl2NO/c22-19-6-3-4-17(12-19)15-25-20-10-8-16(9-11-20)13-24-14-18-5-1-2-7-21(18)23/h1-12,24H,13-15H2. The van der Waals surface area contributed by atoms with Crippen LogP contribution in [0.25, 0.3) is 0 Å². The molecule has 0 aliphatic carbocycles. The Bertz CT molecular complexity index is 818. The summed E-state index contributed by atoms with van der Waals surface area (Å²) in [5.74, 6) is 0.842. The van der Waals surface area contributed by atoms with E-state index in [0.29, 0.717) is 6.61 Å². The first-order chi connectivity index (χ1) is 12.2. The van der Waals surface area contributed by atoms with E-state index in [1.165, 1.54) is 5.56 Å². The molecular weight excluding hydrogens is 353 g/mol. The van der Waals surface area contributed by atoms with Crippen molar-refractivity contribution in [2.24, 2.45) is 0 Å². The van der Waals surface area contributed by atoms with Gasteiger partial charge in [-0.25, -0.2) is 0 Å². The number of ether oxygens (including phenoxy) is 1. The van der Waals surface area contributed by atoms with Crippen LogP contribution >= 0.6 is 23.2 Å². The van der Waals surface area contributed by atoms with Gasteiger partial charge >= 0.3 is 0 Å². The molecule has 1 N–H and O–H groups in total. The van der Waals surface area contributed by atoms with E-state index >= 15 is 0 Å². The van der Waals surface area contributed by atoms with Crippen molar-refractivity contribution in [3.8, 4) is 5.75 Å². The van der Waals surface area contributed by atoms with Crippen LogP contribution in [0.15, 0.2) is 72.8 Å². The summed E-state index contributed by atoms with van der Waals surface area (Å²) in [4.78, 5) is 0. The monoisotopic (exact) mass is 371 g/mol. The molecule has 0 bridgehead atoms. The lowest BCUT2D eigenvalue weighted by atomic mass is 10.2. The van der Waals surface area contributed by atoms with Gasteiger partial charge < -0.3 is 10.1 Å². The van der Waals surface area contributed by atoms with E-state index in [1.54, 1.807) is 0 Å². The minimum atomic E-state index is 0.505. The van der Waals surface area contributed by atoms with E-state index < -0.39 is 0 Å². The first-order valence-corrected chi connectivity index (χ1v) is 8.86. The lowest BCUT2D eigenvalue weighted by Gasteiger charge is -2.09. The van der Waals surface area contributed by atoms with Gasteiger partial charge in [0.1, 0.15) is 12.4 Å². The Kier molecular flexibility index (Phi) is 6.35. The molecule has 0 saturated carbocycles. The maximum Gasteiger partial charge on any atom is 0.119 e. The summed E-state index contributed by atoms with van der Waals surface area (Å²) >= 11 is 12.1. The summed E-state index contributed by atoms with van der Waals surface area (Å²) in [6.07, 6.45) is 0. The molecule has 0 fully saturated rings. The molecule has 25 heavy (non-hydrogen) atoms. The van der Waals surface area contributed by atoms with Gasteiger partial charge in [-0.3, -0.25) is 0 Å². The molecule has 0 amide bonds. The van der Waals surface area contributed by atoms with Crippen molar-refractivity contribution in [1.82, 2.24) is 5.32 Å². The summed E-state index contributed by atoms with van der Waals surface area (Å²) < 4.78 is 5.80. The highest BCUT2D eigenvalue weighted by Crippen LogP contribution is 2.17. The molecule has 0 spiro atoms. The molecule has 0 heterocycles. The third-order valence-electron chi connectivity index (χ3n) is 3.82. The summed E-state index contributed by atoms with van der Waals surface area (Å²) in [6.45, 7) is 2.02. The van der Waals surface area contributed by atoms with Gasteiger partial charge in [0.15, 0.2) is 0 Å². The molecule has 0 saturated heterocycles. The second-order valence-electron chi connectivity index (χ2n) is 5.76. The van der Waals surface area contributed by atoms with E-state index in [4.69, 9.17) is 27.9 Å². The third kappa shape index (κ3) is 5.50. The number of halogens is 2. The molecule has 128 valence electrons. The summed E-state index contributed by atoms with van der Waals surface area (Å²) in [5.41, 5.74) is 3.35. The van der Waals surface area contributed by atoms with Crippen LogP contribution in [0, 0.1) is 0 Å². The van der Waals surface area contributed by atoms with Crippen LogP contribution in [-0.4, -0.2) is 0 Å². The normalized spacial score (nSPS) is 10.6. The zero-order valence-corrected chi connectivity index (χ0v) is 15.2. The largest absolute Gasteiger partial charge is 0.489 e. The highest BCUT2D eigenvalue weighted by atomic mass is 35.5. The van der Waals surface area contributed by atoms with Gasteiger partial charge in [0.2, 0.25) is 0 Å². The molecule has 0 aromatic heterocycles. The van der Waals surface area contributed by atoms with Gasteiger partial charge in [-0.05, 0) is 47.0 Å². The average molecular weight is 372 g/mol. The predicted octanol–water partition coefficient (Wildman–Crippen LogP) is 5.86. The SMILES string of the molecule is Clc1cccc(COc2ccc(CNCc3ccccc3Cl)cc2)c1. The zero-order chi connectivity index (χ0) is 17.5. The minimum Gasteiger partial charge on any atom is -0.489 e. The molecule has 0 unspecified atom stereocenters. The average Bonchev–Trinajstić information content (AvgIpc) is 2.63. The van der Waals surface area contributed by atoms with Crippen LogP contribution in [-0.2, 0) is 19.7 Å². The van der Waals surface area contributed by atoms with E-state index in [2.05, 4.69) is 17.4 Å². The Morgan fingerprint density at radius 3 is 2.32 bits per heavy atom. The molecule has 3 aromatic carbocycles. The van der Waals surface area contributed by atoms with E-state index in [9.17, 15) is 0 Å². The van der Waals surface area contributed by atoms with Crippen molar-refractivity contribution < 1.29 is 4.74 Å². The first-order valence-electron chi connectivity index (χ1n) is 8.11. The fourth-order valence-electron chi connectivity index (χ4n) is 2.48. The van der Waals surface area contributed by atoms with Crippen molar-refractivity contribution in [3.63, 3.8) is 0 Å². The summed E-state index contributed by atoms with van der Waals surface area (Å²) in [7, 11) is 0. The molecule has 0 radical (unpaired) electrons. The Balaban J connectivity index is 1.48. The van der Waals surface area contributed by atoms with Gasteiger partial charge in [-0.1, -0.05) is 65.7 Å². The Morgan fingerprint density at radius 2 is 1.56 bits per heavy atom. The van der Waals surface area contributed by atoms with Crippen LogP contribution in [0.4, 0.5) is 0 Å². The van der Waals surface area contributed by atoms with Gasteiger partial charge in [0.05, 0.1) is 0 Å². The van der Waals surface area contributed by atoms with Crippen LogP contribution < -0.4 is 10.1 Å². The van der Waals surface area contributed by atoms with Gasteiger partial charge in [0, 0.05) is 23.1 Å². The quantitative estimate of drug-likeness (QED) is 0.561. The summed E-state index contributed by atoms with van der Waals surface area (Å²) in [6, 6.07) is 23.7. The molecule has 0 aliphatic rings. The van der Waals surface area contributed by atoms with Crippen LogP contribution in [0.3, 0.4) is 0 Å². The molecule has 2 nitrogen and oxygen atoms in total. The van der Waals surface area contributed by atoms with Crippen molar-refractivity contribution in [3.05, 3.63) is 99.5 Å². The fourth-order valence-corrected chi connectivity index (χ4v) is 2.90. The molecule has 0 atom stereocenters. The van der Waals surface area contributed by atoms with Crippen molar-refractivity contribution in [2.45, 2.75) is 19.7 Å². The Morgan fingerprint density at radius 1 is 0.760 bits per heavy atom. The second-order valence-corrected chi connectivity index (χ2v) is 6.60. The Hall–Kier alpha value is -2.00. The smallest absolute Gasteiger partial charge is 0.119 e. The number of rotatable bonds is 7. The molecular formula is C21H19Cl2NO. The van der Waals surface area contributed by atoms with Crippen molar-refractivity contribution >= 4 is 23.2 Å². The van der Waals surface area contributed by atoms with E-state index in [1.807, 2.05) is 60.7 Å². The molecule has 4 heteroatoms. The molecule has 3 aromatic rings. The highest BCUT2D eigenvalue weighted by molar-refractivity contribution is 6.31. The van der Waals surface area contributed by atoms with Gasteiger partial charge in [-0.15, -0.1) is 0 Å². The van der Waals surface area contributed by atoms with Crippen molar-refractivity contribution in [2.75, 3.05) is 0 Å². The van der Waals surface area contributed by atoms with Crippen molar-refractivity contribution in [1.29, 1.82) is 0 Å².